The predicted molar refractivity (Wildman–Crippen MR) is 78.0 cm³/mol. The summed E-state index contributed by atoms with van der Waals surface area (Å²) in [6.07, 6.45) is 3.77. The summed E-state index contributed by atoms with van der Waals surface area (Å²) in [5.41, 5.74) is 1.03. The first-order chi connectivity index (χ1) is 8.06. The predicted octanol–water partition coefficient (Wildman–Crippen LogP) is 4.34. The van der Waals surface area contributed by atoms with E-state index in [9.17, 15) is 0 Å². The number of hydrogen-bond donors (Lipinski definition) is 0. The van der Waals surface area contributed by atoms with Gasteiger partial charge < -0.3 is 4.43 Å². The number of hydrogen-bond acceptors (Lipinski definition) is 2. The minimum absolute atomic E-state index is 0.0821. The Balaban J connectivity index is 2.61. The van der Waals surface area contributed by atoms with Gasteiger partial charge in [0.25, 0.3) is 0 Å². The Morgan fingerprint density at radius 1 is 1.11 bits per heavy atom. The average Bonchev–Trinajstić information content (AvgIpc) is 2.37. The second-order valence-electron chi connectivity index (χ2n) is 7.14. The molecular weight excluding hydrogens is 238 g/mol. The summed E-state index contributed by atoms with van der Waals surface area (Å²) < 4.78 is 6.65. The summed E-state index contributed by atoms with van der Waals surface area (Å²) in [5, 5.41) is 0.213. The summed E-state index contributed by atoms with van der Waals surface area (Å²) in [7, 11) is -1.75. The van der Waals surface area contributed by atoms with Gasteiger partial charge >= 0.3 is 0 Å². The van der Waals surface area contributed by atoms with E-state index in [1.54, 1.807) is 0 Å². The van der Waals surface area contributed by atoms with Crippen molar-refractivity contribution >= 4 is 8.32 Å². The zero-order valence-electron chi connectivity index (χ0n) is 12.7. The summed E-state index contributed by atoms with van der Waals surface area (Å²) in [4.78, 5) is 4.27. The molecule has 2 rings (SSSR count). The van der Waals surface area contributed by atoms with Gasteiger partial charge in [-0.05, 0) is 31.1 Å². The fourth-order valence-electron chi connectivity index (χ4n) is 3.18. The molecule has 1 aliphatic rings. The molecule has 0 aliphatic carbocycles. The maximum atomic E-state index is 6.65. The molecule has 2 nitrogen and oxygen atoms in total. The van der Waals surface area contributed by atoms with Crippen molar-refractivity contribution in [1.29, 1.82) is 0 Å². The molecule has 18 heavy (non-hydrogen) atoms. The van der Waals surface area contributed by atoms with Gasteiger partial charge in [0.05, 0.1) is 5.60 Å². The first-order valence-corrected chi connectivity index (χ1v) is 9.58. The third-order valence-electron chi connectivity index (χ3n) is 5.93. The van der Waals surface area contributed by atoms with Gasteiger partial charge in [-0.1, -0.05) is 33.8 Å². The Labute approximate surface area is 112 Å². The van der Waals surface area contributed by atoms with Gasteiger partial charge in [0, 0.05) is 23.4 Å². The van der Waals surface area contributed by atoms with Crippen LogP contribution < -0.4 is 0 Å². The molecular formula is C15H25NOSi. The average molecular weight is 263 g/mol. The Hall–Kier alpha value is -0.673. The van der Waals surface area contributed by atoms with E-state index in [1.165, 1.54) is 5.56 Å². The highest BCUT2D eigenvalue weighted by Crippen LogP contribution is 2.68. The van der Waals surface area contributed by atoms with Crippen LogP contribution in [0.2, 0.25) is 18.1 Å². The van der Waals surface area contributed by atoms with E-state index in [0.717, 1.165) is 0 Å². The maximum absolute atomic E-state index is 6.65. The molecule has 1 aliphatic heterocycles. The monoisotopic (exact) mass is 263 g/mol. The van der Waals surface area contributed by atoms with Crippen LogP contribution in [0.25, 0.3) is 0 Å². The third kappa shape index (κ3) is 1.47. The molecule has 0 N–H and O–H groups in total. The van der Waals surface area contributed by atoms with Crippen LogP contribution in [0.15, 0.2) is 24.5 Å². The molecule has 2 heterocycles. The molecule has 100 valence electrons. The van der Waals surface area contributed by atoms with Crippen LogP contribution in [0.3, 0.4) is 0 Å². The quantitative estimate of drug-likeness (QED) is 0.703. The van der Waals surface area contributed by atoms with Crippen molar-refractivity contribution in [2.75, 3.05) is 0 Å². The lowest BCUT2D eigenvalue weighted by Crippen LogP contribution is -2.42. The summed E-state index contributed by atoms with van der Waals surface area (Å²) in [6.45, 7) is 16.3. The Bertz CT molecular complexity index is 453. The first kappa shape index (κ1) is 13.8. The van der Waals surface area contributed by atoms with E-state index in [-0.39, 0.29) is 16.1 Å². The van der Waals surface area contributed by atoms with Crippen molar-refractivity contribution in [3.8, 4) is 0 Å². The van der Waals surface area contributed by atoms with E-state index >= 15 is 0 Å². The molecule has 0 spiro atoms. The second-order valence-corrected chi connectivity index (χ2v) is 11.6. The van der Waals surface area contributed by atoms with Crippen LogP contribution in [-0.2, 0) is 10.0 Å². The summed E-state index contributed by atoms with van der Waals surface area (Å²) >= 11 is 0. The molecule has 0 radical (unpaired) electrons. The SMILES string of the molecule is CC1(c2cccnc2)O[Si](C)(C)C(C)(C)C1(C)C. The molecule has 1 aromatic rings. The van der Waals surface area contributed by atoms with E-state index in [2.05, 4.69) is 58.8 Å². The molecule has 1 aromatic heterocycles. The lowest BCUT2D eigenvalue weighted by atomic mass is 9.65. The number of rotatable bonds is 1. The highest BCUT2D eigenvalue weighted by Gasteiger charge is 2.67. The molecule has 0 bridgehead atoms. The molecule has 3 heteroatoms. The van der Waals surface area contributed by atoms with Gasteiger partial charge in [0.1, 0.15) is 0 Å². The second kappa shape index (κ2) is 3.67. The zero-order valence-corrected chi connectivity index (χ0v) is 13.7. The highest BCUT2D eigenvalue weighted by atomic mass is 28.4. The fraction of sp³-hybridized carbons (Fsp3) is 0.667. The van der Waals surface area contributed by atoms with Crippen molar-refractivity contribution in [1.82, 2.24) is 4.98 Å². The lowest BCUT2D eigenvalue weighted by Gasteiger charge is -2.45. The van der Waals surface area contributed by atoms with Crippen molar-refractivity contribution < 1.29 is 4.43 Å². The standard InChI is InChI=1S/C15H25NOSi/c1-13(2)14(3,4)18(6,7)17-15(13,5)12-9-8-10-16-11-12/h8-11H,1-7H3. The molecule has 1 unspecified atom stereocenters. The van der Waals surface area contributed by atoms with Crippen molar-refractivity contribution in [3.63, 3.8) is 0 Å². The van der Waals surface area contributed by atoms with Crippen LogP contribution in [0.1, 0.15) is 40.2 Å². The Kier molecular flexibility index (Phi) is 2.80. The van der Waals surface area contributed by atoms with Gasteiger partial charge in [-0.3, -0.25) is 4.98 Å². The van der Waals surface area contributed by atoms with Gasteiger partial charge in [0.2, 0.25) is 0 Å². The van der Waals surface area contributed by atoms with Gasteiger partial charge in [-0.15, -0.1) is 0 Å². The Morgan fingerprint density at radius 2 is 1.72 bits per heavy atom. The molecule has 0 amide bonds. The Morgan fingerprint density at radius 3 is 2.11 bits per heavy atom. The van der Waals surface area contributed by atoms with Crippen molar-refractivity contribution in [3.05, 3.63) is 30.1 Å². The minimum Gasteiger partial charge on any atom is -0.407 e. The summed E-state index contributed by atoms with van der Waals surface area (Å²) in [6, 6.07) is 4.14. The van der Waals surface area contributed by atoms with Gasteiger partial charge in [-0.2, -0.15) is 0 Å². The minimum atomic E-state index is -1.75. The molecule has 1 fully saturated rings. The highest BCUT2D eigenvalue weighted by molar-refractivity contribution is 6.75. The normalized spacial score (nSPS) is 32.4. The number of aromatic nitrogens is 1. The topological polar surface area (TPSA) is 22.1 Å². The van der Waals surface area contributed by atoms with E-state index in [0.29, 0.717) is 0 Å². The maximum Gasteiger partial charge on any atom is 0.194 e. The van der Waals surface area contributed by atoms with Gasteiger partial charge in [-0.25, -0.2) is 0 Å². The van der Waals surface area contributed by atoms with E-state index < -0.39 is 8.32 Å². The molecule has 1 atom stereocenters. The number of pyridine rings is 1. The third-order valence-corrected chi connectivity index (χ3v) is 10.5. The molecule has 0 saturated carbocycles. The van der Waals surface area contributed by atoms with Gasteiger partial charge in [0.15, 0.2) is 8.32 Å². The largest absolute Gasteiger partial charge is 0.407 e. The van der Waals surface area contributed by atoms with Crippen LogP contribution >= 0.6 is 0 Å². The van der Waals surface area contributed by atoms with Crippen molar-refractivity contribution in [2.45, 2.75) is 58.4 Å². The fourth-order valence-corrected chi connectivity index (χ4v) is 6.57. The smallest absolute Gasteiger partial charge is 0.194 e. The van der Waals surface area contributed by atoms with Crippen LogP contribution in [0, 0.1) is 5.41 Å². The van der Waals surface area contributed by atoms with Crippen LogP contribution in [0.5, 0.6) is 0 Å². The summed E-state index contributed by atoms with van der Waals surface area (Å²) in [5.74, 6) is 0. The first-order valence-electron chi connectivity index (χ1n) is 6.67. The van der Waals surface area contributed by atoms with Crippen LogP contribution in [-0.4, -0.2) is 13.3 Å². The van der Waals surface area contributed by atoms with Crippen LogP contribution in [0.4, 0.5) is 0 Å². The zero-order chi connectivity index (χ0) is 13.8. The van der Waals surface area contributed by atoms with E-state index in [4.69, 9.17) is 4.43 Å². The molecule has 0 aromatic carbocycles. The number of nitrogens with zero attached hydrogens (tertiary/aromatic N) is 1. The van der Waals surface area contributed by atoms with Crippen molar-refractivity contribution in [2.24, 2.45) is 5.41 Å². The molecule has 1 saturated heterocycles. The lowest BCUT2D eigenvalue weighted by molar-refractivity contribution is -0.00862. The van der Waals surface area contributed by atoms with E-state index in [1.807, 2.05) is 18.5 Å².